The van der Waals surface area contributed by atoms with Crippen LogP contribution in [0.25, 0.3) is 0 Å². The van der Waals surface area contributed by atoms with Crippen molar-refractivity contribution >= 4 is 11.6 Å². The molecule has 3 heteroatoms. The minimum atomic E-state index is 0.188. The van der Waals surface area contributed by atoms with Gasteiger partial charge in [-0.15, -0.1) is 0 Å². The Kier molecular flexibility index (Phi) is 4.69. The van der Waals surface area contributed by atoms with Crippen molar-refractivity contribution in [3.63, 3.8) is 0 Å². The molecule has 2 unspecified atom stereocenters. The van der Waals surface area contributed by atoms with Crippen LogP contribution in [0.4, 0.5) is 5.69 Å². The van der Waals surface area contributed by atoms with Crippen LogP contribution in [-0.4, -0.2) is 29.4 Å². The van der Waals surface area contributed by atoms with E-state index >= 15 is 0 Å². The van der Waals surface area contributed by atoms with E-state index in [1.165, 1.54) is 0 Å². The molecule has 0 aliphatic carbocycles. The van der Waals surface area contributed by atoms with Gasteiger partial charge in [0, 0.05) is 29.9 Å². The molecular formula is C17H26N2O. The molecule has 1 saturated heterocycles. The molecule has 1 N–H and O–H groups in total. The number of hydrogen-bond donors (Lipinski definition) is 1. The molecule has 0 radical (unpaired) electrons. The number of rotatable bonds is 4. The summed E-state index contributed by atoms with van der Waals surface area (Å²) in [4.78, 5) is 14.8. The predicted molar refractivity (Wildman–Crippen MR) is 84.3 cm³/mol. The Labute approximate surface area is 122 Å². The monoisotopic (exact) mass is 274 g/mol. The van der Waals surface area contributed by atoms with Gasteiger partial charge in [0.05, 0.1) is 0 Å². The smallest absolute Gasteiger partial charge is 0.254 e. The van der Waals surface area contributed by atoms with Crippen molar-refractivity contribution in [3.8, 4) is 0 Å². The Morgan fingerprint density at radius 3 is 2.70 bits per heavy atom. The lowest BCUT2D eigenvalue weighted by Gasteiger charge is -2.28. The molecule has 1 amide bonds. The van der Waals surface area contributed by atoms with Crippen molar-refractivity contribution in [2.24, 2.45) is 0 Å². The molecule has 110 valence electrons. The van der Waals surface area contributed by atoms with Crippen LogP contribution < -0.4 is 5.32 Å². The standard InChI is InChI=1S/C17H26N2O/c1-5-15-9-7-13(4)19(15)17(20)14-8-10-16(18-6-2)12(3)11-14/h8,10-11,13,15,18H,5-7,9H2,1-4H3. The van der Waals surface area contributed by atoms with Crippen LogP contribution in [-0.2, 0) is 0 Å². The summed E-state index contributed by atoms with van der Waals surface area (Å²) in [5.41, 5.74) is 3.07. The molecule has 20 heavy (non-hydrogen) atoms. The summed E-state index contributed by atoms with van der Waals surface area (Å²) < 4.78 is 0. The quantitative estimate of drug-likeness (QED) is 0.905. The highest BCUT2D eigenvalue weighted by Crippen LogP contribution is 2.28. The number of carbonyl (C=O) groups is 1. The van der Waals surface area contributed by atoms with E-state index in [0.717, 1.165) is 42.6 Å². The molecule has 0 saturated carbocycles. The van der Waals surface area contributed by atoms with Crippen LogP contribution in [0.3, 0.4) is 0 Å². The van der Waals surface area contributed by atoms with Crippen LogP contribution >= 0.6 is 0 Å². The molecule has 1 aromatic rings. The third-order valence-corrected chi connectivity index (χ3v) is 4.33. The first-order valence-corrected chi connectivity index (χ1v) is 7.75. The first kappa shape index (κ1) is 14.9. The van der Waals surface area contributed by atoms with Gasteiger partial charge in [-0.3, -0.25) is 4.79 Å². The Bertz CT molecular complexity index is 484. The van der Waals surface area contributed by atoms with Crippen molar-refractivity contribution in [3.05, 3.63) is 29.3 Å². The first-order chi connectivity index (χ1) is 9.58. The normalized spacial score (nSPS) is 22.1. The molecule has 0 bridgehead atoms. The van der Waals surface area contributed by atoms with E-state index < -0.39 is 0 Å². The molecule has 3 nitrogen and oxygen atoms in total. The highest BCUT2D eigenvalue weighted by molar-refractivity contribution is 5.95. The number of likely N-dealkylation sites (tertiary alicyclic amines) is 1. The molecular weight excluding hydrogens is 248 g/mol. The number of aryl methyl sites for hydroxylation is 1. The van der Waals surface area contributed by atoms with E-state index in [9.17, 15) is 4.79 Å². The van der Waals surface area contributed by atoms with Crippen LogP contribution in [0.1, 0.15) is 56.0 Å². The number of carbonyl (C=O) groups excluding carboxylic acids is 1. The van der Waals surface area contributed by atoms with Gasteiger partial charge < -0.3 is 10.2 Å². The molecule has 1 aliphatic heterocycles. The molecule has 1 aliphatic rings. The second-order valence-corrected chi connectivity index (χ2v) is 5.76. The van der Waals surface area contributed by atoms with Gasteiger partial charge in [0.1, 0.15) is 0 Å². The molecule has 2 atom stereocenters. The second kappa shape index (κ2) is 6.29. The summed E-state index contributed by atoms with van der Waals surface area (Å²) in [6, 6.07) is 6.75. The predicted octanol–water partition coefficient (Wildman–Crippen LogP) is 3.83. The van der Waals surface area contributed by atoms with Crippen LogP contribution in [0, 0.1) is 6.92 Å². The number of amides is 1. The highest BCUT2D eigenvalue weighted by atomic mass is 16.2. The van der Waals surface area contributed by atoms with Crippen molar-refractivity contribution in [2.45, 2.75) is 59.0 Å². The molecule has 0 spiro atoms. The Morgan fingerprint density at radius 2 is 2.10 bits per heavy atom. The fourth-order valence-corrected chi connectivity index (χ4v) is 3.17. The van der Waals surface area contributed by atoms with E-state index in [4.69, 9.17) is 0 Å². The van der Waals surface area contributed by atoms with E-state index in [-0.39, 0.29) is 5.91 Å². The lowest BCUT2D eigenvalue weighted by Crippen LogP contribution is -2.39. The zero-order valence-electron chi connectivity index (χ0n) is 13.1. The first-order valence-electron chi connectivity index (χ1n) is 7.75. The maximum Gasteiger partial charge on any atom is 0.254 e. The largest absolute Gasteiger partial charge is 0.385 e. The van der Waals surface area contributed by atoms with Crippen molar-refractivity contribution < 1.29 is 4.79 Å². The second-order valence-electron chi connectivity index (χ2n) is 5.76. The van der Waals surface area contributed by atoms with Crippen molar-refractivity contribution in [1.82, 2.24) is 4.90 Å². The number of anilines is 1. The number of nitrogens with zero attached hydrogens (tertiary/aromatic N) is 1. The highest BCUT2D eigenvalue weighted by Gasteiger charge is 2.33. The summed E-state index contributed by atoms with van der Waals surface area (Å²) in [5, 5.41) is 3.32. The van der Waals surface area contributed by atoms with Gasteiger partial charge in [0.2, 0.25) is 0 Å². The Hall–Kier alpha value is -1.51. The summed E-state index contributed by atoms with van der Waals surface area (Å²) in [7, 11) is 0. The van der Waals surface area contributed by atoms with Crippen LogP contribution in [0.2, 0.25) is 0 Å². The number of benzene rings is 1. The SMILES string of the molecule is CCNc1ccc(C(=O)N2C(C)CCC2CC)cc1C. The minimum Gasteiger partial charge on any atom is -0.385 e. The topological polar surface area (TPSA) is 32.3 Å². The average Bonchev–Trinajstić information content (AvgIpc) is 2.81. The summed E-state index contributed by atoms with van der Waals surface area (Å²) in [6.45, 7) is 9.36. The van der Waals surface area contributed by atoms with Crippen molar-refractivity contribution in [1.29, 1.82) is 0 Å². The van der Waals surface area contributed by atoms with E-state index in [2.05, 4.69) is 37.9 Å². The third-order valence-electron chi connectivity index (χ3n) is 4.33. The van der Waals surface area contributed by atoms with E-state index in [1.54, 1.807) is 0 Å². The van der Waals surface area contributed by atoms with Gasteiger partial charge in [-0.1, -0.05) is 6.92 Å². The third kappa shape index (κ3) is 2.82. The Balaban J connectivity index is 2.22. The van der Waals surface area contributed by atoms with Gasteiger partial charge in [-0.05, 0) is 63.8 Å². The molecule has 0 aromatic heterocycles. The number of hydrogen-bond acceptors (Lipinski definition) is 2. The van der Waals surface area contributed by atoms with Gasteiger partial charge in [0.25, 0.3) is 5.91 Å². The summed E-state index contributed by atoms with van der Waals surface area (Å²) in [5.74, 6) is 0.188. The van der Waals surface area contributed by atoms with Crippen molar-refractivity contribution in [2.75, 3.05) is 11.9 Å². The maximum absolute atomic E-state index is 12.8. The van der Waals surface area contributed by atoms with Crippen LogP contribution in [0.15, 0.2) is 18.2 Å². The lowest BCUT2D eigenvalue weighted by atomic mass is 10.1. The molecule has 1 heterocycles. The molecule has 1 aromatic carbocycles. The zero-order chi connectivity index (χ0) is 14.7. The lowest BCUT2D eigenvalue weighted by molar-refractivity contribution is 0.0676. The zero-order valence-corrected chi connectivity index (χ0v) is 13.1. The van der Waals surface area contributed by atoms with Gasteiger partial charge in [0.15, 0.2) is 0 Å². The fourth-order valence-electron chi connectivity index (χ4n) is 3.17. The van der Waals surface area contributed by atoms with Gasteiger partial charge in [-0.2, -0.15) is 0 Å². The average molecular weight is 274 g/mol. The van der Waals surface area contributed by atoms with Gasteiger partial charge >= 0.3 is 0 Å². The Morgan fingerprint density at radius 1 is 1.35 bits per heavy atom. The molecule has 1 fully saturated rings. The summed E-state index contributed by atoms with van der Waals surface area (Å²) >= 11 is 0. The van der Waals surface area contributed by atoms with E-state index in [1.807, 2.05) is 18.2 Å². The fraction of sp³-hybridized carbons (Fsp3) is 0.588. The number of nitrogens with one attached hydrogen (secondary N) is 1. The minimum absolute atomic E-state index is 0.188. The maximum atomic E-state index is 12.8. The van der Waals surface area contributed by atoms with Gasteiger partial charge in [-0.25, -0.2) is 0 Å². The van der Waals surface area contributed by atoms with E-state index in [0.29, 0.717) is 12.1 Å². The molecule has 2 rings (SSSR count). The summed E-state index contributed by atoms with van der Waals surface area (Å²) in [6.07, 6.45) is 3.31. The van der Waals surface area contributed by atoms with Crippen LogP contribution in [0.5, 0.6) is 0 Å².